The van der Waals surface area contributed by atoms with Crippen LogP contribution >= 0.6 is 23.2 Å². The lowest BCUT2D eigenvalue weighted by atomic mass is 9.85. The second-order valence-electron chi connectivity index (χ2n) is 9.15. The molecular weight excluding hydrogens is 445 g/mol. The lowest BCUT2D eigenvalue weighted by Crippen LogP contribution is -2.47. The van der Waals surface area contributed by atoms with Gasteiger partial charge in [0.25, 0.3) is 0 Å². The van der Waals surface area contributed by atoms with E-state index in [1.165, 1.54) is 6.07 Å². The van der Waals surface area contributed by atoms with Crippen LogP contribution in [0.5, 0.6) is 5.75 Å². The molecule has 3 atom stereocenters. The Morgan fingerprint density at radius 2 is 1.90 bits per heavy atom. The van der Waals surface area contributed by atoms with Gasteiger partial charge in [0.15, 0.2) is 0 Å². The Morgan fingerprint density at radius 3 is 2.47 bits per heavy atom. The highest BCUT2D eigenvalue weighted by Crippen LogP contribution is 2.40. The molecule has 0 bridgehead atoms. The monoisotopic (exact) mass is 475 g/mol. The van der Waals surface area contributed by atoms with E-state index in [1.807, 2.05) is 25.7 Å². The third kappa shape index (κ3) is 5.56. The smallest absolute Gasteiger partial charge is 0.227 e. The highest BCUT2D eigenvalue weighted by molar-refractivity contribution is 7.90. The van der Waals surface area contributed by atoms with Gasteiger partial charge in [0.2, 0.25) is 5.91 Å². The minimum absolute atomic E-state index is 0.0309. The number of rotatable bonds is 5. The molecule has 2 saturated heterocycles. The lowest BCUT2D eigenvalue weighted by Gasteiger charge is -2.38. The van der Waals surface area contributed by atoms with E-state index in [9.17, 15) is 14.5 Å². The molecule has 9 heteroatoms. The summed E-state index contributed by atoms with van der Waals surface area (Å²) in [5, 5.41) is 14.4. The van der Waals surface area contributed by atoms with Gasteiger partial charge in [-0.15, -0.1) is 4.72 Å². The molecular formula is C21H31Cl2N3O3S. The molecule has 2 heterocycles. The first kappa shape index (κ1) is 24.0. The molecule has 0 aliphatic carbocycles. The van der Waals surface area contributed by atoms with Gasteiger partial charge in [-0.25, -0.2) is 0 Å². The van der Waals surface area contributed by atoms with Crippen LogP contribution < -0.4 is 10.0 Å². The van der Waals surface area contributed by atoms with Crippen molar-refractivity contribution in [2.45, 2.75) is 50.8 Å². The molecule has 168 valence electrons. The third-order valence-corrected chi connectivity index (χ3v) is 8.23. The van der Waals surface area contributed by atoms with Crippen LogP contribution in [0.15, 0.2) is 12.1 Å². The van der Waals surface area contributed by atoms with Gasteiger partial charge < -0.3 is 19.9 Å². The molecule has 0 spiro atoms. The normalized spacial score (nSPS) is 22.9. The molecule has 1 aromatic rings. The summed E-state index contributed by atoms with van der Waals surface area (Å²) in [5.74, 6) is 0.426. The number of benzene rings is 1. The fraction of sp³-hybridized carbons (Fsp3) is 0.667. The zero-order valence-corrected chi connectivity index (χ0v) is 20.0. The number of hydrogen-bond donors (Lipinski definition) is 3. The van der Waals surface area contributed by atoms with Crippen LogP contribution in [0.2, 0.25) is 10.0 Å². The van der Waals surface area contributed by atoms with Crippen LogP contribution in [-0.4, -0.2) is 51.4 Å². The van der Waals surface area contributed by atoms with E-state index in [0.29, 0.717) is 23.7 Å². The largest absolute Gasteiger partial charge is 0.598 e. The SMILES string of the molecule is CC(C)(C)[S+]([O-])N[C@@H](c1cc(Cl)c(Cl)cc1O)C1CCN(C(=O)[C@H]2CCNC2)CC1. The maximum atomic E-state index is 12.9. The number of aromatic hydroxyl groups is 1. The molecule has 2 fully saturated rings. The second-order valence-corrected chi connectivity index (χ2v) is 12.0. The Hall–Kier alpha value is -0.700. The number of carbonyl (C=O) groups excluding carboxylic acids is 1. The van der Waals surface area contributed by atoms with Crippen LogP contribution in [0, 0.1) is 11.8 Å². The number of amides is 1. The number of halogens is 2. The molecule has 2 aliphatic rings. The van der Waals surface area contributed by atoms with Crippen molar-refractivity contribution >= 4 is 40.5 Å². The summed E-state index contributed by atoms with van der Waals surface area (Å²) in [6, 6.07) is 2.73. The van der Waals surface area contributed by atoms with E-state index in [-0.39, 0.29) is 34.6 Å². The average molecular weight is 476 g/mol. The molecule has 0 aromatic heterocycles. The summed E-state index contributed by atoms with van der Waals surface area (Å²) < 4.78 is 15.7. The minimum Gasteiger partial charge on any atom is -0.598 e. The molecule has 6 nitrogen and oxygen atoms in total. The van der Waals surface area contributed by atoms with E-state index in [2.05, 4.69) is 10.0 Å². The lowest BCUT2D eigenvalue weighted by molar-refractivity contribution is -0.136. The third-order valence-electron chi connectivity index (χ3n) is 5.93. The van der Waals surface area contributed by atoms with Gasteiger partial charge in [0.1, 0.15) is 10.5 Å². The second kappa shape index (κ2) is 9.84. The van der Waals surface area contributed by atoms with Crippen molar-refractivity contribution in [2.24, 2.45) is 11.8 Å². The molecule has 2 aliphatic heterocycles. The summed E-state index contributed by atoms with van der Waals surface area (Å²) in [6.07, 6.45) is 2.40. The highest BCUT2D eigenvalue weighted by Gasteiger charge is 2.38. The van der Waals surface area contributed by atoms with Crippen LogP contribution in [0.1, 0.15) is 51.6 Å². The molecule has 1 amide bonds. The topological polar surface area (TPSA) is 87.7 Å². The molecule has 3 N–H and O–H groups in total. The van der Waals surface area contributed by atoms with Crippen molar-refractivity contribution in [2.75, 3.05) is 26.2 Å². The van der Waals surface area contributed by atoms with Crippen LogP contribution in [-0.2, 0) is 16.2 Å². The van der Waals surface area contributed by atoms with Crippen LogP contribution in [0.4, 0.5) is 0 Å². The first-order valence-electron chi connectivity index (χ1n) is 10.4. The van der Waals surface area contributed by atoms with Crippen molar-refractivity contribution in [3.63, 3.8) is 0 Å². The molecule has 1 aromatic carbocycles. The van der Waals surface area contributed by atoms with Gasteiger partial charge in [-0.05, 0) is 58.6 Å². The van der Waals surface area contributed by atoms with Gasteiger partial charge in [-0.1, -0.05) is 23.2 Å². The number of piperidine rings is 1. The Kier molecular flexibility index (Phi) is 7.86. The maximum absolute atomic E-state index is 12.9. The van der Waals surface area contributed by atoms with E-state index in [4.69, 9.17) is 23.2 Å². The predicted octanol–water partition coefficient (Wildman–Crippen LogP) is 3.64. The van der Waals surface area contributed by atoms with Crippen molar-refractivity contribution < 1.29 is 14.5 Å². The van der Waals surface area contributed by atoms with Crippen LogP contribution in [0.25, 0.3) is 0 Å². The van der Waals surface area contributed by atoms with Gasteiger partial charge in [-0.2, -0.15) is 0 Å². The van der Waals surface area contributed by atoms with Crippen molar-refractivity contribution in [3.8, 4) is 5.75 Å². The summed E-state index contributed by atoms with van der Waals surface area (Å²) in [5.41, 5.74) is 0.590. The first-order valence-corrected chi connectivity index (χ1v) is 12.3. The molecule has 0 saturated carbocycles. The van der Waals surface area contributed by atoms with Gasteiger partial charge in [0.05, 0.1) is 22.0 Å². The Bertz CT molecular complexity index is 761. The average Bonchev–Trinajstić information content (AvgIpc) is 3.23. The van der Waals surface area contributed by atoms with Crippen LogP contribution in [0.3, 0.4) is 0 Å². The summed E-state index contributed by atoms with van der Waals surface area (Å²) in [6.45, 7) is 8.67. The van der Waals surface area contributed by atoms with Crippen molar-refractivity contribution in [1.82, 2.24) is 14.9 Å². The number of nitrogens with one attached hydrogen (secondary N) is 2. The number of nitrogens with zero attached hydrogens (tertiary/aromatic N) is 1. The van der Waals surface area contributed by atoms with Crippen molar-refractivity contribution in [3.05, 3.63) is 27.7 Å². The summed E-state index contributed by atoms with van der Waals surface area (Å²) in [4.78, 5) is 14.7. The molecule has 30 heavy (non-hydrogen) atoms. The maximum Gasteiger partial charge on any atom is 0.227 e. The highest BCUT2D eigenvalue weighted by atomic mass is 35.5. The van der Waals surface area contributed by atoms with Gasteiger partial charge in [-0.3, -0.25) is 4.79 Å². The van der Waals surface area contributed by atoms with E-state index in [0.717, 1.165) is 32.4 Å². The van der Waals surface area contributed by atoms with E-state index in [1.54, 1.807) is 6.07 Å². The Morgan fingerprint density at radius 1 is 1.27 bits per heavy atom. The first-order chi connectivity index (χ1) is 14.1. The Balaban J connectivity index is 1.77. The number of likely N-dealkylation sites (tertiary alicyclic amines) is 1. The van der Waals surface area contributed by atoms with Gasteiger partial charge in [0, 0.05) is 42.6 Å². The fourth-order valence-electron chi connectivity index (χ4n) is 4.08. The zero-order chi connectivity index (χ0) is 22.1. The molecule has 0 radical (unpaired) electrons. The number of phenolic OH excluding ortho intramolecular Hbond substituents is 1. The molecule has 3 rings (SSSR count). The van der Waals surface area contributed by atoms with E-state index >= 15 is 0 Å². The quantitative estimate of drug-likeness (QED) is 0.565. The predicted molar refractivity (Wildman–Crippen MR) is 122 cm³/mol. The number of hydrogen-bond acceptors (Lipinski definition) is 5. The van der Waals surface area contributed by atoms with E-state index < -0.39 is 16.1 Å². The zero-order valence-electron chi connectivity index (χ0n) is 17.7. The fourth-order valence-corrected chi connectivity index (χ4v) is 5.32. The summed E-state index contributed by atoms with van der Waals surface area (Å²) in [7, 11) is 0. The molecule has 1 unspecified atom stereocenters. The van der Waals surface area contributed by atoms with Crippen molar-refractivity contribution in [1.29, 1.82) is 0 Å². The Labute approximate surface area is 192 Å². The minimum atomic E-state index is -1.34. The standard InChI is InChI=1S/C21H31Cl2N3O3S/c1-21(2,3)30(29)25-19(15-10-16(22)17(23)11-18(15)27)13-5-8-26(9-6-13)20(28)14-4-7-24-12-14/h10-11,13-14,19,24-25,27H,4-9,12H2,1-3H3/t14-,19+,30?/m0/s1. The van der Waals surface area contributed by atoms with Gasteiger partial charge >= 0.3 is 0 Å². The summed E-state index contributed by atoms with van der Waals surface area (Å²) >= 11 is 10.9. The number of phenols is 1. The number of carbonyl (C=O) groups is 1.